The molecular weight excluding hydrogens is 664 g/mol. The molecule has 2 aliphatic rings. The third-order valence-corrected chi connectivity index (χ3v) is 9.58. The molecule has 12 heteroatoms. The lowest BCUT2D eigenvalue weighted by Gasteiger charge is -2.44. The van der Waals surface area contributed by atoms with E-state index in [2.05, 4.69) is 10.3 Å². The van der Waals surface area contributed by atoms with Gasteiger partial charge >= 0.3 is 18.1 Å². The first-order valence-electron chi connectivity index (χ1n) is 17.9. The number of β-lactam (4-membered cyclic amide) rings is 1. The number of ether oxygens (including phenoxy) is 4. The van der Waals surface area contributed by atoms with Gasteiger partial charge in [-0.3, -0.25) is 9.69 Å². The summed E-state index contributed by atoms with van der Waals surface area (Å²) in [5, 5.41) is 2.99. The molecule has 0 radical (unpaired) electrons. The third-order valence-electron chi connectivity index (χ3n) is 9.58. The second-order valence-electron chi connectivity index (χ2n) is 14.5. The minimum atomic E-state index is -1.14. The van der Waals surface area contributed by atoms with E-state index in [9.17, 15) is 19.2 Å². The summed E-state index contributed by atoms with van der Waals surface area (Å²) < 4.78 is 21.9. The van der Waals surface area contributed by atoms with Crippen molar-refractivity contribution in [1.82, 2.24) is 15.2 Å². The van der Waals surface area contributed by atoms with Gasteiger partial charge in [0.25, 0.3) is 0 Å². The van der Waals surface area contributed by atoms with Crippen molar-refractivity contribution in [3.63, 3.8) is 0 Å². The number of nitrogens with zero attached hydrogens (tertiary/aromatic N) is 3. The molecule has 0 bridgehead atoms. The molecular formula is C40H50N4O8. The summed E-state index contributed by atoms with van der Waals surface area (Å²) in [4.78, 5) is 61.4. The van der Waals surface area contributed by atoms with Gasteiger partial charge in [0.2, 0.25) is 5.91 Å². The van der Waals surface area contributed by atoms with Gasteiger partial charge in [0.05, 0.1) is 26.7 Å². The molecule has 2 heterocycles. The monoisotopic (exact) mass is 714 g/mol. The van der Waals surface area contributed by atoms with Crippen LogP contribution in [0.25, 0.3) is 0 Å². The molecule has 1 saturated carbocycles. The van der Waals surface area contributed by atoms with E-state index in [4.69, 9.17) is 18.9 Å². The molecule has 278 valence electrons. The molecule has 3 aromatic rings. The van der Waals surface area contributed by atoms with Crippen LogP contribution in [-0.2, 0) is 38.6 Å². The van der Waals surface area contributed by atoms with Gasteiger partial charge in [-0.2, -0.15) is 0 Å². The van der Waals surface area contributed by atoms with Gasteiger partial charge in [0.15, 0.2) is 6.04 Å². The number of urea groups is 1. The maximum atomic E-state index is 13.7. The highest BCUT2D eigenvalue weighted by molar-refractivity contribution is 6.08. The summed E-state index contributed by atoms with van der Waals surface area (Å²) in [5.74, 6) is -0.0478. The molecule has 12 nitrogen and oxygen atoms in total. The number of imide groups is 1. The number of likely N-dealkylation sites (tertiary alicyclic amines) is 1. The van der Waals surface area contributed by atoms with Crippen molar-refractivity contribution in [2.24, 2.45) is 11.8 Å². The number of carbonyl (C=O) groups is 4. The molecule has 2 aromatic carbocycles. The Morgan fingerprint density at radius 3 is 2.12 bits per heavy atom. The fourth-order valence-electron chi connectivity index (χ4n) is 6.68. The fraction of sp³-hybridized carbons (Fsp3) is 0.475. The molecule has 0 spiro atoms. The molecule has 1 N–H and O–H groups in total. The number of pyridine rings is 1. The molecule has 1 aliphatic heterocycles. The zero-order chi connectivity index (χ0) is 37.4. The summed E-state index contributed by atoms with van der Waals surface area (Å²) in [7, 11) is 3.15. The van der Waals surface area contributed by atoms with Crippen molar-refractivity contribution >= 4 is 29.8 Å². The number of methoxy groups -OCH3 is 2. The van der Waals surface area contributed by atoms with Crippen LogP contribution in [-0.4, -0.2) is 65.8 Å². The molecule has 3 atom stereocenters. The molecule has 1 saturated heterocycles. The highest BCUT2D eigenvalue weighted by atomic mass is 16.6. The molecule has 4 amide bonds. The van der Waals surface area contributed by atoms with Gasteiger partial charge in [-0.1, -0.05) is 43.5 Å². The SMILES string of the molecule is COc1ccc(COC(=O)[C@@H]2[C@H](Cc3ccnc(N(Cc4ccc(OC)cc4)C(=O)OC(C)(C)C)c3)C(=O)N2C(=O)N[C@H](C)C2CCCCC2)cc1. The number of rotatable bonds is 12. The lowest BCUT2D eigenvalue weighted by atomic mass is 9.82. The van der Waals surface area contributed by atoms with E-state index < -0.39 is 41.6 Å². The Morgan fingerprint density at radius 1 is 0.904 bits per heavy atom. The molecule has 5 rings (SSSR count). The second-order valence-corrected chi connectivity index (χ2v) is 14.5. The quantitative estimate of drug-likeness (QED) is 0.158. The number of nitrogens with one attached hydrogen (secondary N) is 1. The van der Waals surface area contributed by atoms with Crippen molar-refractivity contribution in [2.75, 3.05) is 19.1 Å². The third kappa shape index (κ3) is 9.59. The molecule has 1 aliphatic carbocycles. The van der Waals surface area contributed by atoms with Crippen LogP contribution >= 0.6 is 0 Å². The number of amides is 4. The Balaban J connectivity index is 1.37. The number of anilines is 1. The van der Waals surface area contributed by atoms with E-state index in [1.54, 1.807) is 89.7 Å². The van der Waals surface area contributed by atoms with Gasteiger partial charge in [-0.05, 0) is 106 Å². The summed E-state index contributed by atoms with van der Waals surface area (Å²) in [6.07, 6.45) is 6.48. The van der Waals surface area contributed by atoms with Crippen molar-refractivity contribution in [1.29, 1.82) is 0 Å². The average Bonchev–Trinajstić information content (AvgIpc) is 3.14. The minimum Gasteiger partial charge on any atom is -0.497 e. The summed E-state index contributed by atoms with van der Waals surface area (Å²) in [6.45, 7) is 7.43. The first-order chi connectivity index (χ1) is 24.9. The molecule has 1 aromatic heterocycles. The van der Waals surface area contributed by atoms with Gasteiger partial charge in [0.1, 0.15) is 29.5 Å². The Morgan fingerprint density at radius 2 is 1.52 bits per heavy atom. The van der Waals surface area contributed by atoms with Crippen molar-refractivity contribution in [3.05, 3.63) is 83.6 Å². The van der Waals surface area contributed by atoms with E-state index in [0.717, 1.165) is 41.7 Å². The zero-order valence-corrected chi connectivity index (χ0v) is 30.9. The number of hydrogen-bond donors (Lipinski definition) is 1. The lowest BCUT2D eigenvalue weighted by molar-refractivity contribution is -0.170. The van der Waals surface area contributed by atoms with Gasteiger partial charge in [0, 0.05) is 12.2 Å². The van der Waals surface area contributed by atoms with E-state index in [1.165, 1.54) is 11.3 Å². The van der Waals surface area contributed by atoms with E-state index >= 15 is 0 Å². The topological polar surface area (TPSA) is 137 Å². The van der Waals surface area contributed by atoms with Gasteiger partial charge in [-0.15, -0.1) is 0 Å². The van der Waals surface area contributed by atoms with Gasteiger partial charge < -0.3 is 24.3 Å². The molecule has 52 heavy (non-hydrogen) atoms. The van der Waals surface area contributed by atoms with E-state index in [1.807, 2.05) is 19.1 Å². The summed E-state index contributed by atoms with van der Waals surface area (Å²) >= 11 is 0. The fourth-order valence-corrected chi connectivity index (χ4v) is 6.68. The Hall–Kier alpha value is -5.13. The number of carbonyl (C=O) groups excluding carboxylic acids is 4. The predicted octanol–water partition coefficient (Wildman–Crippen LogP) is 6.83. The largest absolute Gasteiger partial charge is 0.497 e. The number of esters is 1. The number of hydrogen-bond acceptors (Lipinski definition) is 9. The van der Waals surface area contributed by atoms with Crippen molar-refractivity contribution in [3.8, 4) is 11.5 Å². The Bertz CT molecular complexity index is 1700. The summed E-state index contributed by atoms with van der Waals surface area (Å²) in [5.41, 5.74) is 1.44. The standard InChI is InChI=1S/C40H50N4O8/c1-26(30-10-8-7-9-11-30)42-38(47)44-35(37(46)51-25-28-14-18-32(50-6)19-15-28)33(36(44)45)22-29-20-21-41-34(23-29)43(39(48)52-40(2,3)4)24-27-12-16-31(49-5)17-13-27/h12-21,23,26,30,33,35H,7-11,22,24-25H2,1-6H3,(H,42,47)/t26-,33+,35+/m1/s1. The number of aromatic nitrogens is 1. The first-order valence-corrected chi connectivity index (χ1v) is 17.9. The maximum Gasteiger partial charge on any atom is 0.416 e. The first kappa shape index (κ1) is 38.1. The smallest absolute Gasteiger partial charge is 0.416 e. The number of benzene rings is 2. The lowest BCUT2D eigenvalue weighted by Crippen LogP contribution is -2.69. The van der Waals surface area contributed by atoms with Crippen molar-refractivity contribution in [2.45, 2.75) is 97.1 Å². The van der Waals surface area contributed by atoms with Crippen LogP contribution in [0.2, 0.25) is 0 Å². The van der Waals surface area contributed by atoms with Crippen LogP contribution in [0.15, 0.2) is 66.9 Å². The van der Waals surface area contributed by atoms with Crippen LogP contribution < -0.4 is 19.7 Å². The van der Waals surface area contributed by atoms with E-state index in [-0.39, 0.29) is 25.6 Å². The van der Waals surface area contributed by atoms with E-state index in [0.29, 0.717) is 28.8 Å². The normalized spacial score (nSPS) is 18.1. The Kier molecular flexibility index (Phi) is 12.4. The Labute approximate surface area is 305 Å². The van der Waals surface area contributed by atoms with Crippen LogP contribution in [0, 0.1) is 11.8 Å². The highest BCUT2D eigenvalue weighted by Crippen LogP contribution is 2.34. The van der Waals surface area contributed by atoms with Gasteiger partial charge in [-0.25, -0.2) is 24.3 Å². The van der Waals surface area contributed by atoms with Crippen LogP contribution in [0.5, 0.6) is 11.5 Å². The predicted molar refractivity (Wildman–Crippen MR) is 195 cm³/mol. The molecule has 2 fully saturated rings. The maximum absolute atomic E-state index is 13.7. The van der Waals surface area contributed by atoms with Crippen LogP contribution in [0.3, 0.4) is 0 Å². The second kappa shape index (κ2) is 16.9. The average molecular weight is 715 g/mol. The van der Waals surface area contributed by atoms with Crippen LogP contribution in [0.1, 0.15) is 76.5 Å². The zero-order valence-electron chi connectivity index (χ0n) is 30.9. The van der Waals surface area contributed by atoms with Crippen molar-refractivity contribution < 1.29 is 38.1 Å². The minimum absolute atomic E-state index is 0.0379. The molecule has 0 unspecified atom stereocenters. The van der Waals surface area contributed by atoms with Crippen LogP contribution in [0.4, 0.5) is 15.4 Å². The summed E-state index contributed by atoms with van der Waals surface area (Å²) in [6, 6.07) is 16.0. The highest BCUT2D eigenvalue weighted by Gasteiger charge is 2.55.